The molecule has 0 saturated heterocycles. The van der Waals surface area contributed by atoms with Crippen LogP contribution in [0, 0.1) is 0 Å². The van der Waals surface area contributed by atoms with Crippen LogP contribution >= 0.6 is 0 Å². The molecule has 8 aromatic carbocycles. The second-order valence-corrected chi connectivity index (χ2v) is 13.6. The predicted octanol–water partition coefficient (Wildman–Crippen LogP) is 14.1. The smallest absolute Gasteiger partial charge is 0.227 e. The van der Waals surface area contributed by atoms with Crippen LogP contribution < -0.4 is 4.90 Å². The van der Waals surface area contributed by atoms with Gasteiger partial charge in [-0.3, -0.25) is 0 Å². The third-order valence-corrected chi connectivity index (χ3v) is 10.3. The quantitative estimate of drug-likeness (QED) is 0.173. The second-order valence-electron chi connectivity index (χ2n) is 13.6. The van der Waals surface area contributed by atoms with Gasteiger partial charge in [0.1, 0.15) is 27.8 Å². The number of hydrogen-bond donors (Lipinski definition) is 0. The summed E-state index contributed by atoms with van der Waals surface area (Å²) >= 11 is 0. The summed E-state index contributed by atoms with van der Waals surface area (Å²) in [6, 6.07) is 63.0. The number of nitrogens with zero attached hydrogens (tertiary/aromatic N) is 2. The van der Waals surface area contributed by atoms with Crippen molar-refractivity contribution in [3.05, 3.63) is 182 Å². The van der Waals surface area contributed by atoms with Crippen LogP contribution in [0.1, 0.15) is 0 Å². The highest BCUT2D eigenvalue weighted by Gasteiger charge is 2.20. The Hall–Kier alpha value is -7.37. The fraction of sp³-hybridized carbons (Fsp3) is 0. The van der Waals surface area contributed by atoms with Crippen LogP contribution in [0.4, 0.5) is 17.1 Å². The van der Waals surface area contributed by atoms with E-state index in [9.17, 15) is 0 Å². The van der Waals surface area contributed by atoms with E-state index in [0.717, 1.165) is 83.1 Å². The Balaban J connectivity index is 1.13. The number of anilines is 3. The lowest BCUT2D eigenvalue weighted by atomic mass is 9.93. The SMILES string of the molecule is c1ccc(-c2nc3cc4c(cc3o2)oc2ccc(N(c3ccc(-c5ccccc5)c(-c5ccccc5)c3)c3ccc5oc6ccccc6c5c3)cc24)cc1. The molecule has 0 aliphatic rings. The average molecular weight is 695 g/mol. The van der Waals surface area contributed by atoms with Gasteiger partial charge < -0.3 is 18.2 Å². The van der Waals surface area contributed by atoms with Gasteiger partial charge in [0.2, 0.25) is 5.89 Å². The van der Waals surface area contributed by atoms with Gasteiger partial charge in [0.25, 0.3) is 0 Å². The molecule has 0 saturated carbocycles. The summed E-state index contributed by atoms with van der Waals surface area (Å²) < 4.78 is 18.9. The molecule has 0 aliphatic heterocycles. The Morgan fingerprint density at radius 1 is 0.333 bits per heavy atom. The third-order valence-electron chi connectivity index (χ3n) is 10.3. The zero-order valence-corrected chi connectivity index (χ0v) is 28.9. The van der Waals surface area contributed by atoms with Crippen LogP contribution in [-0.4, -0.2) is 4.98 Å². The van der Waals surface area contributed by atoms with Gasteiger partial charge in [0.05, 0.1) is 0 Å². The minimum atomic E-state index is 0.588. The molecule has 3 aromatic heterocycles. The van der Waals surface area contributed by atoms with Crippen LogP contribution in [0.2, 0.25) is 0 Å². The number of rotatable bonds is 6. The summed E-state index contributed by atoms with van der Waals surface area (Å²) in [5, 5.41) is 4.13. The standard InChI is InChI=1S/C49H30N2O3/c1-4-12-31(13-5-1)37-23-20-34(26-39(37)32-14-6-2-7-15-32)51(35-21-24-45-40(27-35)38-18-10-11-19-44(38)52-45)36-22-25-46-41(28-36)42-29-43-48(30-47(42)53-46)54-49(50-43)33-16-8-3-9-17-33/h1-30H. The summed E-state index contributed by atoms with van der Waals surface area (Å²) in [6.45, 7) is 0. The first-order chi connectivity index (χ1) is 26.7. The van der Waals surface area contributed by atoms with E-state index in [1.54, 1.807) is 0 Å². The predicted molar refractivity (Wildman–Crippen MR) is 220 cm³/mol. The van der Waals surface area contributed by atoms with Crippen molar-refractivity contribution in [3.8, 4) is 33.7 Å². The van der Waals surface area contributed by atoms with Crippen molar-refractivity contribution in [2.24, 2.45) is 0 Å². The number of furan rings is 2. The van der Waals surface area contributed by atoms with E-state index in [-0.39, 0.29) is 0 Å². The number of benzene rings is 8. The number of oxazole rings is 1. The lowest BCUT2D eigenvalue weighted by Crippen LogP contribution is -2.10. The fourth-order valence-electron chi connectivity index (χ4n) is 7.73. The van der Waals surface area contributed by atoms with Crippen molar-refractivity contribution in [2.75, 3.05) is 4.90 Å². The summed E-state index contributed by atoms with van der Waals surface area (Å²) in [7, 11) is 0. The molecule has 0 amide bonds. The van der Waals surface area contributed by atoms with E-state index in [4.69, 9.17) is 18.2 Å². The summed E-state index contributed by atoms with van der Waals surface area (Å²) in [5.41, 5.74) is 13.4. The van der Waals surface area contributed by atoms with Gasteiger partial charge in [0, 0.05) is 50.2 Å². The molecule has 11 rings (SSSR count). The van der Waals surface area contributed by atoms with Crippen LogP contribution in [0.5, 0.6) is 0 Å². The zero-order chi connectivity index (χ0) is 35.6. The second kappa shape index (κ2) is 12.1. The maximum absolute atomic E-state index is 6.44. The number of fused-ring (bicyclic) bond motifs is 7. The molecule has 0 N–H and O–H groups in total. The molecule has 11 aromatic rings. The van der Waals surface area contributed by atoms with Crippen molar-refractivity contribution in [2.45, 2.75) is 0 Å². The average Bonchev–Trinajstić information content (AvgIpc) is 3.93. The maximum atomic E-state index is 6.44. The fourth-order valence-corrected chi connectivity index (χ4v) is 7.73. The van der Waals surface area contributed by atoms with Gasteiger partial charge in [-0.25, -0.2) is 4.98 Å². The summed E-state index contributed by atoms with van der Waals surface area (Å²) in [4.78, 5) is 7.19. The number of hydrogen-bond acceptors (Lipinski definition) is 5. The van der Waals surface area contributed by atoms with Gasteiger partial charge in [0.15, 0.2) is 5.58 Å². The molecule has 0 spiro atoms. The molecule has 0 aliphatic carbocycles. The van der Waals surface area contributed by atoms with Crippen molar-refractivity contribution in [1.29, 1.82) is 0 Å². The molecule has 0 atom stereocenters. The summed E-state index contributed by atoms with van der Waals surface area (Å²) in [5.74, 6) is 0.588. The molecule has 5 nitrogen and oxygen atoms in total. The van der Waals surface area contributed by atoms with Crippen molar-refractivity contribution >= 4 is 72.0 Å². The van der Waals surface area contributed by atoms with E-state index in [1.807, 2.05) is 48.5 Å². The minimum Gasteiger partial charge on any atom is -0.456 e. The molecule has 0 radical (unpaired) electrons. The molecule has 54 heavy (non-hydrogen) atoms. The number of aromatic nitrogens is 1. The Bertz CT molecular complexity index is 3160. The number of para-hydroxylation sites is 1. The third kappa shape index (κ3) is 4.98. The normalized spacial score (nSPS) is 11.7. The Labute approximate surface area is 309 Å². The van der Waals surface area contributed by atoms with Gasteiger partial charge in [-0.2, -0.15) is 0 Å². The molecular weight excluding hydrogens is 665 g/mol. The molecule has 5 heteroatoms. The largest absolute Gasteiger partial charge is 0.456 e. The van der Waals surface area contributed by atoms with Crippen LogP contribution in [0.25, 0.3) is 88.7 Å². The molecule has 0 fully saturated rings. The topological polar surface area (TPSA) is 55.6 Å². The van der Waals surface area contributed by atoms with Gasteiger partial charge in [-0.05, 0) is 95.1 Å². The van der Waals surface area contributed by atoms with Crippen LogP contribution in [0.3, 0.4) is 0 Å². The van der Waals surface area contributed by atoms with Crippen molar-refractivity contribution in [1.82, 2.24) is 4.98 Å². The maximum Gasteiger partial charge on any atom is 0.227 e. The monoisotopic (exact) mass is 694 g/mol. The van der Waals surface area contributed by atoms with E-state index in [0.29, 0.717) is 11.5 Å². The molecular formula is C49H30N2O3. The zero-order valence-electron chi connectivity index (χ0n) is 28.9. The Morgan fingerprint density at radius 2 is 0.852 bits per heavy atom. The first-order valence-corrected chi connectivity index (χ1v) is 18.0. The van der Waals surface area contributed by atoms with Crippen molar-refractivity contribution in [3.63, 3.8) is 0 Å². The lowest BCUT2D eigenvalue weighted by Gasteiger charge is -2.27. The summed E-state index contributed by atoms with van der Waals surface area (Å²) in [6.07, 6.45) is 0. The van der Waals surface area contributed by atoms with Crippen LogP contribution in [0.15, 0.2) is 195 Å². The van der Waals surface area contributed by atoms with Gasteiger partial charge in [-0.15, -0.1) is 0 Å². The first-order valence-electron chi connectivity index (χ1n) is 18.0. The molecule has 254 valence electrons. The van der Waals surface area contributed by atoms with E-state index in [2.05, 4.69) is 138 Å². The molecule has 0 bridgehead atoms. The van der Waals surface area contributed by atoms with Crippen LogP contribution in [-0.2, 0) is 0 Å². The van der Waals surface area contributed by atoms with Gasteiger partial charge >= 0.3 is 0 Å². The lowest BCUT2D eigenvalue weighted by molar-refractivity contribution is 0.617. The van der Waals surface area contributed by atoms with E-state index in [1.165, 1.54) is 11.1 Å². The highest BCUT2D eigenvalue weighted by molar-refractivity contribution is 6.11. The van der Waals surface area contributed by atoms with Crippen molar-refractivity contribution < 1.29 is 13.3 Å². The van der Waals surface area contributed by atoms with E-state index < -0.39 is 0 Å². The molecule has 0 unspecified atom stereocenters. The first kappa shape index (κ1) is 30.3. The Kier molecular flexibility index (Phi) is 6.79. The highest BCUT2D eigenvalue weighted by Crippen LogP contribution is 2.44. The Morgan fingerprint density at radius 3 is 1.56 bits per heavy atom. The van der Waals surface area contributed by atoms with E-state index >= 15 is 0 Å². The highest BCUT2D eigenvalue weighted by atomic mass is 16.4. The minimum absolute atomic E-state index is 0.588. The van der Waals surface area contributed by atoms with Gasteiger partial charge in [-0.1, -0.05) is 103 Å². The molecule has 3 heterocycles.